The smallest absolute Gasteiger partial charge is 0.0599 e. The normalized spacial score (nSPS) is 15.4. The van der Waals surface area contributed by atoms with Crippen LogP contribution in [0.3, 0.4) is 0 Å². The number of rotatable bonds is 6. The second kappa shape index (κ2) is 6.01. The molecule has 0 amide bonds. The molecule has 1 atom stereocenters. The predicted molar refractivity (Wildman–Crippen MR) is 58.4 cm³/mol. The van der Waals surface area contributed by atoms with Gasteiger partial charge in [0, 0.05) is 12.1 Å². The molecule has 0 rings (SSSR count). The third kappa shape index (κ3) is 5.68. The predicted octanol–water partition coefficient (Wildman–Crippen LogP) is 1.46. The van der Waals surface area contributed by atoms with Gasteiger partial charge in [-0.3, -0.25) is 4.90 Å². The first-order valence-corrected chi connectivity index (χ1v) is 5.00. The molecular formula is C11H22N2. The van der Waals surface area contributed by atoms with E-state index in [1.807, 2.05) is 0 Å². The molecule has 0 aliphatic heterocycles. The van der Waals surface area contributed by atoms with Crippen molar-refractivity contribution in [1.29, 1.82) is 0 Å². The van der Waals surface area contributed by atoms with Crippen molar-refractivity contribution in [3.63, 3.8) is 0 Å². The Hall–Kier alpha value is -0.520. The minimum absolute atomic E-state index is 0.105. The molecular weight excluding hydrogens is 160 g/mol. The average Bonchev–Trinajstić information content (AvgIpc) is 2.05. The summed E-state index contributed by atoms with van der Waals surface area (Å²) in [5.41, 5.74) is 5.96. The molecule has 0 fully saturated rings. The Bertz CT molecular complexity index is 167. The molecule has 0 spiro atoms. The molecule has 0 aromatic rings. The van der Waals surface area contributed by atoms with E-state index in [2.05, 4.69) is 31.6 Å². The van der Waals surface area contributed by atoms with Crippen LogP contribution < -0.4 is 5.73 Å². The van der Waals surface area contributed by atoms with Crippen molar-refractivity contribution in [1.82, 2.24) is 4.90 Å². The highest BCUT2D eigenvalue weighted by atomic mass is 15.1. The fourth-order valence-corrected chi connectivity index (χ4v) is 1.28. The van der Waals surface area contributed by atoms with E-state index in [0.717, 1.165) is 25.9 Å². The van der Waals surface area contributed by atoms with Crippen LogP contribution in [0.25, 0.3) is 0 Å². The van der Waals surface area contributed by atoms with Crippen LogP contribution in [0.5, 0.6) is 0 Å². The van der Waals surface area contributed by atoms with Crippen molar-refractivity contribution in [3.05, 3.63) is 0 Å². The van der Waals surface area contributed by atoms with E-state index in [0.29, 0.717) is 6.54 Å². The van der Waals surface area contributed by atoms with E-state index in [-0.39, 0.29) is 5.54 Å². The van der Waals surface area contributed by atoms with Crippen molar-refractivity contribution < 1.29 is 0 Å². The zero-order valence-corrected chi connectivity index (χ0v) is 9.14. The maximum atomic E-state index is 6.07. The Morgan fingerprint density at radius 3 is 2.46 bits per heavy atom. The van der Waals surface area contributed by atoms with Gasteiger partial charge < -0.3 is 5.73 Å². The average molecular weight is 182 g/mol. The topological polar surface area (TPSA) is 29.3 Å². The monoisotopic (exact) mass is 182 g/mol. The molecule has 13 heavy (non-hydrogen) atoms. The summed E-state index contributed by atoms with van der Waals surface area (Å²) >= 11 is 0. The van der Waals surface area contributed by atoms with Crippen molar-refractivity contribution in [2.75, 3.05) is 19.6 Å². The molecule has 0 aliphatic carbocycles. The highest BCUT2D eigenvalue weighted by molar-refractivity contribution is 4.91. The first-order valence-electron chi connectivity index (χ1n) is 5.00. The summed E-state index contributed by atoms with van der Waals surface area (Å²) in [7, 11) is 0. The number of terminal acetylenes is 1. The van der Waals surface area contributed by atoms with Gasteiger partial charge in [0.1, 0.15) is 0 Å². The lowest BCUT2D eigenvalue weighted by Gasteiger charge is -2.30. The highest BCUT2D eigenvalue weighted by Crippen LogP contribution is 2.07. The van der Waals surface area contributed by atoms with Crippen LogP contribution in [-0.2, 0) is 0 Å². The van der Waals surface area contributed by atoms with Crippen LogP contribution in [-0.4, -0.2) is 30.1 Å². The largest absolute Gasteiger partial charge is 0.324 e. The zero-order valence-electron chi connectivity index (χ0n) is 9.14. The van der Waals surface area contributed by atoms with Gasteiger partial charge in [0.05, 0.1) is 6.54 Å². The summed E-state index contributed by atoms with van der Waals surface area (Å²) in [6, 6.07) is 0. The van der Waals surface area contributed by atoms with Gasteiger partial charge in [0.25, 0.3) is 0 Å². The number of nitrogens with two attached hydrogens (primary N) is 1. The molecule has 0 radical (unpaired) electrons. The van der Waals surface area contributed by atoms with Gasteiger partial charge in [-0.05, 0) is 26.3 Å². The van der Waals surface area contributed by atoms with Crippen LogP contribution >= 0.6 is 0 Å². The standard InChI is InChI=1S/C11H22N2/c1-5-8-13(9-6-2)10-11(4,12)7-3/h1H,6-10,12H2,2-4H3. The summed E-state index contributed by atoms with van der Waals surface area (Å²) < 4.78 is 0. The van der Waals surface area contributed by atoms with E-state index in [9.17, 15) is 0 Å². The minimum Gasteiger partial charge on any atom is -0.324 e. The third-order valence-electron chi connectivity index (χ3n) is 2.25. The molecule has 0 aromatic heterocycles. The molecule has 0 aliphatic rings. The molecule has 0 saturated carbocycles. The number of hydrogen-bond donors (Lipinski definition) is 1. The van der Waals surface area contributed by atoms with Crippen molar-refractivity contribution in [2.24, 2.45) is 5.73 Å². The van der Waals surface area contributed by atoms with E-state index in [4.69, 9.17) is 12.2 Å². The quantitative estimate of drug-likeness (QED) is 0.630. The minimum atomic E-state index is -0.105. The number of nitrogens with zero attached hydrogens (tertiary/aromatic N) is 1. The lowest BCUT2D eigenvalue weighted by Crippen LogP contribution is -2.47. The number of hydrogen-bond acceptors (Lipinski definition) is 2. The SMILES string of the molecule is C#CCN(CCC)CC(C)(N)CC. The second-order valence-corrected chi connectivity index (χ2v) is 3.92. The molecule has 1 unspecified atom stereocenters. The van der Waals surface area contributed by atoms with E-state index >= 15 is 0 Å². The lowest BCUT2D eigenvalue weighted by atomic mass is 10.00. The molecule has 0 heterocycles. The first kappa shape index (κ1) is 12.5. The third-order valence-corrected chi connectivity index (χ3v) is 2.25. The Morgan fingerprint density at radius 2 is 2.08 bits per heavy atom. The first-order chi connectivity index (χ1) is 6.05. The molecule has 2 N–H and O–H groups in total. The fourth-order valence-electron chi connectivity index (χ4n) is 1.28. The summed E-state index contributed by atoms with van der Waals surface area (Å²) in [5.74, 6) is 2.67. The lowest BCUT2D eigenvalue weighted by molar-refractivity contribution is 0.235. The molecule has 0 saturated heterocycles. The van der Waals surface area contributed by atoms with Gasteiger partial charge in [-0.25, -0.2) is 0 Å². The van der Waals surface area contributed by atoms with Gasteiger partial charge in [-0.1, -0.05) is 19.8 Å². The van der Waals surface area contributed by atoms with E-state index in [1.165, 1.54) is 0 Å². The van der Waals surface area contributed by atoms with Gasteiger partial charge >= 0.3 is 0 Å². The maximum Gasteiger partial charge on any atom is 0.0599 e. The van der Waals surface area contributed by atoms with Crippen molar-refractivity contribution >= 4 is 0 Å². The molecule has 0 bridgehead atoms. The summed E-state index contributed by atoms with van der Waals surface area (Å²) in [5, 5.41) is 0. The summed E-state index contributed by atoms with van der Waals surface area (Å²) in [6.45, 7) is 8.98. The van der Waals surface area contributed by atoms with E-state index < -0.39 is 0 Å². The van der Waals surface area contributed by atoms with Crippen molar-refractivity contribution in [3.8, 4) is 12.3 Å². The molecule has 2 heteroatoms. The van der Waals surface area contributed by atoms with Gasteiger partial charge in [0.2, 0.25) is 0 Å². The summed E-state index contributed by atoms with van der Waals surface area (Å²) in [4.78, 5) is 2.24. The van der Waals surface area contributed by atoms with Crippen LogP contribution in [0, 0.1) is 12.3 Å². The van der Waals surface area contributed by atoms with Crippen LogP contribution in [0.4, 0.5) is 0 Å². The Kier molecular flexibility index (Phi) is 5.77. The van der Waals surface area contributed by atoms with Crippen molar-refractivity contribution in [2.45, 2.75) is 39.2 Å². The molecule has 0 aromatic carbocycles. The van der Waals surface area contributed by atoms with Crippen LogP contribution in [0.15, 0.2) is 0 Å². The van der Waals surface area contributed by atoms with Gasteiger partial charge in [0.15, 0.2) is 0 Å². The van der Waals surface area contributed by atoms with E-state index in [1.54, 1.807) is 0 Å². The Balaban J connectivity index is 4.01. The summed E-state index contributed by atoms with van der Waals surface area (Å²) in [6.07, 6.45) is 7.40. The van der Waals surface area contributed by atoms with Gasteiger partial charge in [-0.2, -0.15) is 0 Å². The maximum absolute atomic E-state index is 6.07. The molecule has 2 nitrogen and oxygen atoms in total. The second-order valence-electron chi connectivity index (χ2n) is 3.92. The Morgan fingerprint density at radius 1 is 1.46 bits per heavy atom. The highest BCUT2D eigenvalue weighted by Gasteiger charge is 2.18. The zero-order chi connectivity index (χ0) is 10.3. The van der Waals surface area contributed by atoms with Crippen LogP contribution in [0.2, 0.25) is 0 Å². The Labute approximate surface area is 82.5 Å². The van der Waals surface area contributed by atoms with Gasteiger partial charge in [-0.15, -0.1) is 6.42 Å². The fraction of sp³-hybridized carbons (Fsp3) is 0.818. The van der Waals surface area contributed by atoms with Crippen LogP contribution in [0.1, 0.15) is 33.6 Å². The molecule has 76 valence electrons.